The Kier molecular flexibility index (Phi) is 6.59. The van der Waals surface area contributed by atoms with Gasteiger partial charge in [-0.15, -0.1) is 0 Å². The summed E-state index contributed by atoms with van der Waals surface area (Å²) in [6.07, 6.45) is 0. The first kappa shape index (κ1) is 20.8. The Bertz CT molecular complexity index is 1090. The van der Waals surface area contributed by atoms with E-state index in [1.165, 1.54) is 0 Å². The minimum atomic E-state index is -0.752. The van der Waals surface area contributed by atoms with Crippen molar-refractivity contribution in [1.82, 2.24) is 9.78 Å². The molecule has 30 heavy (non-hydrogen) atoms. The summed E-state index contributed by atoms with van der Waals surface area (Å²) in [5.41, 5.74) is 0.779. The molecule has 0 unspecified atom stereocenters. The Balaban J connectivity index is 1.87. The SMILES string of the molecule is CCOC(=O)c1nn(-c2ccc(C)cc2)c(=O)cc1NC(=O)COc1ccccc1. The lowest BCUT2D eigenvalue weighted by molar-refractivity contribution is -0.118. The Morgan fingerprint density at radius 3 is 2.43 bits per heavy atom. The average molecular weight is 407 g/mol. The van der Waals surface area contributed by atoms with Crippen LogP contribution >= 0.6 is 0 Å². The van der Waals surface area contributed by atoms with E-state index in [1.807, 2.05) is 25.1 Å². The summed E-state index contributed by atoms with van der Waals surface area (Å²) in [5.74, 6) is -0.775. The van der Waals surface area contributed by atoms with Crippen LogP contribution in [0.2, 0.25) is 0 Å². The van der Waals surface area contributed by atoms with Gasteiger partial charge in [-0.2, -0.15) is 9.78 Å². The van der Waals surface area contributed by atoms with Crippen molar-refractivity contribution in [2.45, 2.75) is 13.8 Å². The second-order valence-corrected chi connectivity index (χ2v) is 6.36. The van der Waals surface area contributed by atoms with Gasteiger partial charge in [-0.05, 0) is 38.1 Å². The second kappa shape index (κ2) is 9.51. The van der Waals surface area contributed by atoms with Gasteiger partial charge in [0.1, 0.15) is 5.75 Å². The fourth-order valence-electron chi connectivity index (χ4n) is 2.62. The van der Waals surface area contributed by atoms with Crippen molar-refractivity contribution in [3.8, 4) is 11.4 Å². The number of carbonyl (C=O) groups is 2. The molecule has 1 aromatic heterocycles. The summed E-state index contributed by atoms with van der Waals surface area (Å²) in [5, 5.41) is 6.64. The normalized spacial score (nSPS) is 10.3. The van der Waals surface area contributed by atoms with Crippen molar-refractivity contribution in [3.63, 3.8) is 0 Å². The molecule has 0 aliphatic rings. The highest BCUT2D eigenvalue weighted by atomic mass is 16.5. The molecule has 0 saturated carbocycles. The Labute approximate surface area is 173 Å². The third-order valence-electron chi connectivity index (χ3n) is 4.07. The van der Waals surface area contributed by atoms with E-state index in [-0.39, 0.29) is 24.6 Å². The van der Waals surface area contributed by atoms with Crippen LogP contribution < -0.4 is 15.6 Å². The lowest BCUT2D eigenvalue weighted by atomic mass is 10.2. The smallest absolute Gasteiger partial charge is 0.360 e. The molecule has 0 aliphatic carbocycles. The van der Waals surface area contributed by atoms with E-state index >= 15 is 0 Å². The lowest BCUT2D eigenvalue weighted by Gasteiger charge is -2.13. The maximum Gasteiger partial charge on any atom is 0.360 e. The van der Waals surface area contributed by atoms with Crippen LogP contribution in [0.4, 0.5) is 5.69 Å². The molecule has 1 heterocycles. The molecule has 8 nitrogen and oxygen atoms in total. The van der Waals surface area contributed by atoms with Gasteiger partial charge < -0.3 is 14.8 Å². The highest BCUT2D eigenvalue weighted by molar-refractivity contribution is 6.00. The van der Waals surface area contributed by atoms with Crippen LogP contribution in [0.15, 0.2) is 65.5 Å². The lowest BCUT2D eigenvalue weighted by Crippen LogP contribution is -2.28. The first-order valence-electron chi connectivity index (χ1n) is 9.34. The number of esters is 1. The van der Waals surface area contributed by atoms with Crippen LogP contribution in [0.3, 0.4) is 0 Å². The average Bonchev–Trinajstić information content (AvgIpc) is 2.74. The molecule has 0 atom stereocenters. The van der Waals surface area contributed by atoms with Gasteiger partial charge >= 0.3 is 5.97 Å². The van der Waals surface area contributed by atoms with Crippen molar-refractivity contribution >= 4 is 17.6 Å². The zero-order valence-electron chi connectivity index (χ0n) is 16.6. The molecule has 8 heteroatoms. The van der Waals surface area contributed by atoms with Gasteiger partial charge in [0.2, 0.25) is 0 Å². The quantitative estimate of drug-likeness (QED) is 0.605. The van der Waals surface area contributed by atoms with E-state index in [0.717, 1.165) is 16.3 Å². The molecule has 3 rings (SSSR count). The maximum absolute atomic E-state index is 12.6. The maximum atomic E-state index is 12.6. The molecule has 1 amide bonds. The Hall–Kier alpha value is -3.94. The van der Waals surface area contributed by atoms with E-state index < -0.39 is 17.4 Å². The summed E-state index contributed by atoms with van der Waals surface area (Å²) in [6.45, 7) is 3.39. The first-order valence-corrected chi connectivity index (χ1v) is 9.34. The van der Waals surface area contributed by atoms with Crippen molar-refractivity contribution in [1.29, 1.82) is 0 Å². The van der Waals surface area contributed by atoms with E-state index in [2.05, 4.69) is 10.4 Å². The van der Waals surface area contributed by atoms with Crippen molar-refractivity contribution in [2.75, 3.05) is 18.5 Å². The standard InChI is InChI=1S/C22H21N3O5/c1-3-29-22(28)21-18(23-19(26)14-30-17-7-5-4-6-8-17)13-20(27)25(24-21)16-11-9-15(2)10-12-16/h4-13H,3,14H2,1-2H3,(H,23,26). The predicted octanol–water partition coefficient (Wildman–Crippen LogP) is 2.74. The number of nitrogens with one attached hydrogen (secondary N) is 1. The predicted molar refractivity (Wildman–Crippen MR) is 111 cm³/mol. The van der Waals surface area contributed by atoms with E-state index in [0.29, 0.717) is 11.4 Å². The largest absolute Gasteiger partial charge is 0.484 e. The van der Waals surface area contributed by atoms with E-state index in [4.69, 9.17) is 9.47 Å². The van der Waals surface area contributed by atoms with Crippen LogP contribution in [0.1, 0.15) is 23.0 Å². The highest BCUT2D eigenvalue weighted by Crippen LogP contribution is 2.15. The van der Waals surface area contributed by atoms with Crippen molar-refractivity contribution < 1.29 is 19.1 Å². The van der Waals surface area contributed by atoms with Crippen LogP contribution in [0.5, 0.6) is 5.75 Å². The van der Waals surface area contributed by atoms with E-state index in [9.17, 15) is 14.4 Å². The van der Waals surface area contributed by atoms with Gasteiger partial charge in [-0.3, -0.25) is 9.59 Å². The summed E-state index contributed by atoms with van der Waals surface area (Å²) in [7, 11) is 0. The van der Waals surface area contributed by atoms with Crippen LogP contribution in [0, 0.1) is 6.92 Å². The van der Waals surface area contributed by atoms with Crippen molar-refractivity contribution in [2.24, 2.45) is 0 Å². The first-order chi connectivity index (χ1) is 14.5. The number of aryl methyl sites for hydroxylation is 1. The number of benzene rings is 2. The zero-order chi connectivity index (χ0) is 21.5. The highest BCUT2D eigenvalue weighted by Gasteiger charge is 2.20. The van der Waals surface area contributed by atoms with Gasteiger partial charge in [0.25, 0.3) is 11.5 Å². The molecule has 2 aromatic carbocycles. The number of carbonyl (C=O) groups excluding carboxylic acids is 2. The summed E-state index contributed by atoms with van der Waals surface area (Å²) in [6, 6.07) is 17.0. The minimum Gasteiger partial charge on any atom is -0.484 e. The topological polar surface area (TPSA) is 99.5 Å². The summed E-state index contributed by atoms with van der Waals surface area (Å²) >= 11 is 0. The number of nitrogens with zero attached hydrogens (tertiary/aromatic N) is 2. The van der Waals surface area contributed by atoms with Crippen LogP contribution in [-0.4, -0.2) is 34.9 Å². The number of para-hydroxylation sites is 1. The molecule has 0 fully saturated rings. The molecule has 1 N–H and O–H groups in total. The number of hydrogen-bond donors (Lipinski definition) is 1. The van der Waals surface area contributed by atoms with Gasteiger partial charge in [0.05, 0.1) is 18.0 Å². The zero-order valence-corrected chi connectivity index (χ0v) is 16.6. The van der Waals surface area contributed by atoms with Crippen LogP contribution in [0.25, 0.3) is 5.69 Å². The Morgan fingerprint density at radius 1 is 1.07 bits per heavy atom. The molecular formula is C22H21N3O5. The third kappa shape index (κ3) is 5.11. The fourth-order valence-corrected chi connectivity index (χ4v) is 2.62. The number of hydrogen-bond acceptors (Lipinski definition) is 6. The van der Waals surface area contributed by atoms with E-state index in [1.54, 1.807) is 43.3 Å². The van der Waals surface area contributed by atoms with Gasteiger partial charge in [-0.25, -0.2) is 4.79 Å². The molecule has 154 valence electrons. The number of rotatable bonds is 7. The number of aromatic nitrogens is 2. The molecule has 0 aliphatic heterocycles. The Morgan fingerprint density at radius 2 is 1.77 bits per heavy atom. The monoisotopic (exact) mass is 407 g/mol. The molecular weight excluding hydrogens is 386 g/mol. The molecule has 3 aromatic rings. The summed E-state index contributed by atoms with van der Waals surface area (Å²) in [4.78, 5) is 37.3. The number of amides is 1. The van der Waals surface area contributed by atoms with Crippen molar-refractivity contribution in [3.05, 3.63) is 82.3 Å². The van der Waals surface area contributed by atoms with Gasteiger partial charge in [0, 0.05) is 6.07 Å². The minimum absolute atomic E-state index is 0.0385. The number of ether oxygens (including phenoxy) is 2. The molecule has 0 bridgehead atoms. The third-order valence-corrected chi connectivity index (χ3v) is 4.07. The summed E-state index contributed by atoms with van der Waals surface area (Å²) < 4.78 is 11.5. The molecule has 0 saturated heterocycles. The van der Waals surface area contributed by atoms with Gasteiger partial charge in [0.15, 0.2) is 12.3 Å². The fraction of sp³-hybridized carbons (Fsp3) is 0.182. The second-order valence-electron chi connectivity index (χ2n) is 6.36. The van der Waals surface area contributed by atoms with Crippen LogP contribution in [-0.2, 0) is 9.53 Å². The van der Waals surface area contributed by atoms with Gasteiger partial charge in [-0.1, -0.05) is 35.9 Å². The number of anilines is 1. The molecule has 0 radical (unpaired) electrons. The molecule has 0 spiro atoms.